The van der Waals surface area contributed by atoms with Crippen molar-refractivity contribution >= 4 is 27.3 Å². The number of sulfonamides is 1. The van der Waals surface area contributed by atoms with Crippen LogP contribution in [0.15, 0.2) is 59.5 Å². The minimum absolute atomic E-state index is 0.0639. The molecule has 0 saturated heterocycles. The third kappa shape index (κ3) is 6.28. The number of hydrogen-bond donors (Lipinski definition) is 2. The standard InChI is InChI=1S/C21H29N3O4S/c1-4-24(5-2)29(27,28)20-13-11-18(12-14-20)22-21(26)16-23(15-17(3)25)19-9-7-6-8-10-19/h6-14,17,25H,4-5,15-16H2,1-3H3,(H,22,26). The molecule has 29 heavy (non-hydrogen) atoms. The first-order valence-electron chi connectivity index (χ1n) is 9.66. The van der Waals surface area contributed by atoms with Crippen molar-refractivity contribution in [3.05, 3.63) is 54.6 Å². The minimum Gasteiger partial charge on any atom is -0.392 e. The van der Waals surface area contributed by atoms with Gasteiger partial charge in [-0.15, -0.1) is 0 Å². The summed E-state index contributed by atoms with van der Waals surface area (Å²) in [7, 11) is -3.53. The molecule has 1 unspecified atom stereocenters. The SMILES string of the molecule is CCN(CC)S(=O)(=O)c1ccc(NC(=O)CN(CC(C)O)c2ccccc2)cc1. The highest BCUT2D eigenvalue weighted by atomic mass is 32.2. The van der Waals surface area contributed by atoms with Crippen molar-refractivity contribution in [1.29, 1.82) is 0 Å². The van der Waals surface area contributed by atoms with Crippen LogP contribution in [-0.2, 0) is 14.8 Å². The number of anilines is 2. The van der Waals surface area contributed by atoms with E-state index in [9.17, 15) is 18.3 Å². The zero-order chi connectivity index (χ0) is 21.4. The minimum atomic E-state index is -3.53. The summed E-state index contributed by atoms with van der Waals surface area (Å²) in [5.74, 6) is -0.256. The number of aliphatic hydroxyl groups excluding tert-OH is 1. The van der Waals surface area contributed by atoms with E-state index >= 15 is 0 Å². The zero-order valence-corrected chi connectivity index (χ0v) is 17.9. The molecule has 8 heteroatoms. The Morgan fingerprint density at radius 2 is 1.62 bits per heavy atom. The molecule has 0 aromatic heterocycles. The molecule has 0 aliphatic rings. The Morgan fingerprint density at radius 3 is 2.14 bits per heavy atom. The Labute approximate surface area is 173 Å². The molecule has 158 valence electrons. The number of carbonyl (C=O) groups is 1. The third-order valence-electron chi connectivity index (χ3n) is 4.42. The van der Waals surface area contributed by atoms with Gasteiger partial charge in [0.2, 0.25) is 15.9 Å². The second-order valence-corrected chi connectivity index (χ2v) is 8.66. The molecule has 2 aromatic carbocycles. The Morgan fingerprint density at radius 1 is 1.03 bits per heavy atom. The molecule has 0 saturated carbocycles. The molecule has 7 nitrogen and oxygen atoms in total. The van der Waals surface area contributed by atoms with E-state index < -0.39 is 16.1 Å². The quantitative estimate of drug-likeness (QED) is 0.618. The van der Waals surface area contributed by atoms with Gasteiger partial charge in [-0.25, -0.2) is 8.42 Å². The zero-order valence-electron chi connectivity index (χ0n) is 17.1. The number of aliphatic hydroxyl groups is 1. The van der Waals surface area contributed by atoms with Gasteiger partial charge < -0.3 is 15.3 Å². The van der Waals surface area contributed by atoms with Gasteiger partial charge >= 0.3 is 0 Å². The van der Waals surface area contributed by atoms with Gasteiger partial charge in [0.15, 0.2) is 0 Å². The van der Waals surface area contributed by atoms with E-state index in [1.807, 2.05) is 30.3 Å². The van der Waals surface area contributed by atoms with Crippen LogP contribution in [0.4, 0.5) is 11.4 Å². The van der Waals surface area contributed by atoms with Gasteiger partial charge in [-0.3, -0.25) is 4.79 Å². The summed E-state index contributed by atoms with van der Waals surface area (Å²) >= 11 is 0. The number of benzene rings is 2. The van der Waals surface area contributed by atoms with Crippen LogP contribution < -0.4 is 10.2 Å². The lowest BCUT2D eigenvalue weighted by molar-refractivity contribution is -0.115. The molecule has 1 atom stereocenters. The molecule has 0 aliphatic heterocycles. The van der Waals surface area contributed by atoms with Crippen LogP contribution in [0.3, 0.4) is 0 Å². The fraction of sp³-hybridized carbons (Fsp3) is 0.381. The first-order chi connectivity index (χ1) is 13.8. The van der Waals surface area contributed by atoms with Crippen LogP contribution in [-0.4, -0.2) is 56.0 Å². The maximum absolute atomic E-state index is 12.5. The fourth-order valence-corrected chi connectivity index (χ4v) is 4.47. The largest absolute Gasteiger partial charge is 0.392 e. The average Bonchev–Trinajstić information content (AvgIpc) is 2.69. The summed E-state index contributed by atoms with van der Waals surface area (Å²) in [6.45, 7) is 6.43. The lowest BCUT2D eigenvalue weighted by atomic mass is 10.2. The molecule has 0 radical (unpaired) electrons. The van der Waals surface area contributed by atoms with E-state index in [4.69, 9.17) is 0 Å². The van der Waals surface area contributed by atoms with E-state index in [0.717, 1.165) is 5.69 Å². The van der Waals surface area contributed by atoms with Crippen LogP contribution in [0, 0.1) is 0 Å². The van der Waals surface area contributed by atoms with Crippen LogP contribution in [0.5, 0.6) is 0 Å². The lowest BCUT2D eigenvalue weighted by Crippen LogP contribution is -2.37. The Balaban J connectivity index is 2.08. The number of carbonyl (C=O) groups excluding carboxylic acids is 1. The van der Waals surface area contributed by atoms with Crippen molar-refractivity contribution in [2.24, 2.45) is 0 Å². The van der Waals surface area contributed by atoms with Gasteiger partial charge in [-0.05, 0) is 43.3 Å². The Kier molecular flexibility index (Phi) is 8.19. The monoisotopic (exact) mass is 419 g/mol. The molecule has 2 rings (SSSR count). The molecular weight excluding hydrogens is 390 g/mol. The summed E-state index contributed by atoms with van der Waals surface area (Å²) in [6.07, 6.45) is -0.590. The molecule has 2 N–H and O–H groups in total. The maximum Gasteiger partial charge on any atom is 0.243 e. The van der Waals surface area contributed by atoms with Crippen LogP contribution in [0.25, 0.3) is 0 Å². The first kappa shape index (κ1) is 22.9. The second-order valence-electron chi connectivity index (χ2n) is 6.73. The molecule has 0 aliphatic carbocycles. The van der Waals surface area contributed by atoms with Crippen LogP contribution >= 0.6 is 0 Å². The highest BCUT2D eigenvalue weighted by Gasteiger charge is 2.21. The normalized spacial score (nSPS) is 12.6. The number of rotatable bonds is 10. The van der Waals surface area contributed by atoms with Gasteiger partial charge in [-0.1, -0.05) is 32.0 Å². The van der Waals surface area contributed by atoms with Crippen molar-refractivity contribution in [2.45, 2.75) is 31.8 Å². The topological polar surface area (TPSA) is 90.0 Å². The summed E-state index contributed by atoms with van der Waals surface area (Å²) in [4.78, 5) is 14.5. The average molecular weight is 420 g/mol. The highest BCUT2D eigenvalue weighted by molar-refractivity contribution is 7.89. The molecule has 0 fully saturated rings. The second kappa shape index (κ2) is 10.4. The molecule has 0 bridgehead atoms. The molecule has 0 heterocycles. The molecule has 0 spiro atoms. The highest BCUT2D eigenvalue weighted by Crippen LogP contribution is 2.19. The predicted molar refractivity (Wildman–Crippen MR) is 116 cm³/mol. The fourth-order valence-electron chi connectivity index (χ4n) is 3.02. The van der Waals surface area contributed by atoms with Crippen molar-refractivity contribution in [3.8, 4) is 0 Å². The predicted octanol–water partition coefficient (Wildman–Crippen LogP) is 2.54. The van der Waals surface area contributed by atoms with Crippen molar-refractivity contribution in [2.75, 3.05) is 36.4 Å². The molecular formula is C21H29N3O4S. The van der Waals surface area contributed by atoms with Gasteiger partial charge in [0, 0.05) is 31.0 Å². The number of amides is 1. The van der Waals surface area contributed by atoms with Gasteiger partial charge in [0.1, 0.15) is 0 Å². The number of nitrogens with zero attached hydrogens (tertiary/aromatic N) is 2. The summed E-state index contributed by atoms with van der Waals surface area (Å²) in [5, 5.41) is 12.5. The van der Waals surface area contributed by atoms with E-state index in [1.54, 1.807) is 37.8 Å². The van der Waals surface area contributed by atoms with E-state index in [-0.39, 0.29) is 17.3 Å². The van der Waals surface area contributed by atoms with Crippen molar-refractivity contribution in [1.82, 2.24) is 4.31 Å². The summed E-state index contributed by atoms with van der Waals surface area (Å²) in [6, 6.07) is 15.5. The van der Waals surface area contributed by atoms with Gasteiger partial charge in [-0.2, -0.15) is 4.31 Å². The summed E-state index contributed by atoms with van der Waals surface area (Å²) in [5.41, 5.74) is 1.35. The Hall–Kier alpha value is -2.42. The van der Waals surface area contributed by atoms with Crippen molar-refractivity contribution in [3.63, 3.8) is 0 Å². The van der Waals surface area contributed by atoms with Gasteiger partial charge in [0.25, 0.3) is 0 Å². The lowest BCUT2D eigenvalue weighted by Gasteiger charge is -2.25. The third-order valence-corrected chi connectivity index (χ3v) is 6.49. The van der Waals surface area contributed by atoms with Crippen molar-refractivity contribution < 1.29 is 18.3 Å². The van der Waals surface area contributed by atoms with E-state index in [2.05, 4.69) is 5.32 Å². The summed E-state index contributed by atoms with van der Waals surface area (Å²) < 4.78 is 26.5. The smallest absolute Gasteiger partial charge is 0.243 e. The Bertz CT molecular complexity index is 880. The van der Waals surface area contributed by atoms with Crippen LogP contribution in [0.2, 0.25) is 0 Å². The number of nitrogens with one attached hydrogen (secondary N) is 1. The van der Waals surface area contributed by atoms with Crippen LogP contribution in [0.1, 0.15) is 20.8 Å². The molecule has 2 aromatic rings. The van der Waals surface area contributed by atoms with Gasteiger partial charge in [0.05, 0.1) is 17.5 Å². The molecule has 1 amide bonds. The first-order valence-corrected chi connectivity index (χ1v) is 11.1. The number of para-hydroxylation sites is 1. The number of hydrogen-bond acceptors (Lipinski definition) is 5. The van der Waals surface area contributed by atoms with E-state index in [0.29, 0.717) is 25.3 Å². The van der Waals surface area contributed by atoms with E-state index in [1.165, 1.54) is 16.4 Å². The maximum atomic E-state index is 12.5.